The second-order valence-corrected chi connectivity index (χ2v) is 7.22. The molecule has 1 atom stereocenters. The zero-order chi connectivity index (χ0) is 17.5. The van der Waals surface area contributed by atoms with Gasteiger partial charge < -0.3 is 10.1 Å². The van der Waals surface area contributed by atoms with E-state index in [2.05, 4.69) is 17.2 Å². The number of thiazole rings is 1. The highest BCUT2D eigenvalue weighted by Gasteiger charge is 2.19. The summed E-state index contributed by atoms with van der Waals surface area (Å²) >= 11 is 1.50. The standard InChI is InChI=1S/C20H24N2O2S/c1-2-3-4-7-14-24-16-12-10-15(11-13-16)19(23)22-20-21-17-8-5-6-9-18(17)25-20/h5-6,8-10,12-13,15H,2-4,7,11,14H2,1H3,(H,21,22,23). The van der Waals surface area contributed by atoms with Gasteiger partial charge in [-0.1, -0.05) is 55.7 Å². The lowest BCUT2D eigenvalue weighted by Crippen LogP contribution is -2.22. The molecule has 0 bridgehead atoms. The number of aromatic nitrogens is 1. The molecule has 1 aliphatic rings. The van der Waals surface area contributed by atoms with Gasteiger partial charge in [0.1, 0.15) is 5.76 Å². The van der Waals surface area contributed by atoms with Gasteiger partial charge in [-0.15, -0.1) is 0 Å². The van der Waals surface area contributed by atoms with Gasteiger partial charge in [0.05, 0.1) is 22.7 Å². The highest BCUT2D eigenvalue weighted by molar-refractivity contribution is 7.22. The van der Waals surface area contributed by atoms with Crippen molar-refractivity contribution in [3.63, 3.8) is 0 Å². The Kier molecular flexibility index (Phi) is 6.23. The quantitative estimate of drug-likeness (QED) is 0.654. The van der Waals surface area contributed by atoms with Gasteiger partial charge in [-0.25, -0.2) is 4.98 Å². The molecular weight excluding hydrogens is 332 g/mol. The molecule has 3 rings (SSSR count). The van der Waals surface area contributed by atoms with Crippen LogP contribution in [0.3, 0.4) is 0 Å². The summed E-state index contributed by atoms with van der Waals surface area (Å²) in [5, 5.41) is 3.58. The van der Waals surface area contributed by atoms with E-state index in [9.17, 15) is 4.79 Å². The van der Waals surface area contributed by atoms with Crippen LogP contribution in [0.4, 0.5) is 5.13 Å². The normalized spacial score (nSPS) is 16.7. The largest absolute Gasteiger partial charge is 0.494 e. The van der Waals surface area contributed by atoms with Gasteiger partial charge in [0.2, 0.25) is 5.91 Å². The summed E-state index contributed by atoms with van der Waals surface area (Å²) in [5.74, 6) is 0.688. The first-order valence-electron chi connectivity index (χ1n) is 8.94. The lowest BCUT2D eigenvalue weighted by molar-refractivity contribution is -0.118. The maximum Gasteiger partial charge on any atom is 0.233 e. The zero-order valence-corrected chi connectivity index (χ0v) is 15.3. The Balaban J connectivity index is 1.47. The Hall–Kier alpha value is -2.14. The Bertz CT molecular complexity index is 746. The number of carbonyl (C=O) groups excluding carboxylic acids is 1. The minimum absolute atomic E-state index is 0.0199. The monoisotopic (exact) mass is 356 g/mol. The number of nitrogens with one attached hydrogen (secondary N) is 1. The molecule has 1 N–H and O–H groups in total. The average molecular weight is 356 g/mol. The Morgan fingerprint density at radius 2 is 2.20 bits per heavy atom. The molecule has 1 aromatic heterocycles. The molecule has 1 aliphatic carbocycles. The van der Waals surface area contributed by atoms with Crippen molar-refractivity contribution < 1.29 is 9.53 Å². The van der Waals surface area contributed by atoms with E-state index < -0.39 is 0 Å². The Morgan fingerprint density at radius 1 is 1.32 bits per heavy atom. The molecule has 0 radical (unpaired) electrons. The van der Waals surface area contributed by atoms with Crippen LogP contribution in [0.5, 0.6) is 0 Å². The van der Waals surface area contributed by atoms with Crippen LogP contribution in [0.15, 0.2) is 48.3 Å². The molecule has 25 heavy (non-hydrogen) atoms. The number of hydrogen-bond acceptors (Lipinski definition) is 4. The van der Waals surface area contributed by atoms with Gasteiger partial charge in [0.15, 0.2) is 5.13 Å². The first-order valence-corrected chi connectivity index (χ1v) is 9.75. The molecule has 1 heterocycles. The molecule has 0 saturated heterocycles. The van der Waals surface area contributed by atoms with E-state index in [4.69, 9.17) is 4.74 Å². The fourth-order valence-corrected chi connectivity index (χ4v) is 3.61. The number of unbranched alkanes of at least 4 members (excludes halogenated alkanes) is 3. The molecule has 0 saturated carbocycles. The van der Waals surface area contributed by atoms with E-state index >= 15 is 0 Å². The van der Waals surface area contributed by atoms with Crippen LogP contribution in [-0.2, 0) is 9.53 Å². The Labute approximate surface area is 152 Å². The van der Waals surface area contributed by atoms with Crippen LogP contribution in [0.1, 0.15) is 39.0 Å². The van der Waals surface area contributed by atoms with Crippen molar-refractivity contribution in [3.8, 4) is 0 Å². The van der Waals surface area contributed by atoms with Crippen molar-refractivity contribution in [1.29, 1.82) is 0 Å². The van der Waals surface area contributed by atoms with Crippen molar-refractivity contribution in [2.45, 2.75) is 39.0 Å². The van der Waals surface area contributed by atoms with Crippen LogP contribution in [0.2, 0.25) is 0 Å². The van der Waals surface area contributed by atoms with Gasteiger partial charge in [-0.3, -0.25) is 4.79 Å². The molecule has 0 spiro atoms. The maximum absolute atomic E-state index is 12.4. The first-order chi connectivity index (χ1) is 12.3. The second kappa shape index (κ2) is 8.81. The van der Waals surface area contributed by atoms with Gasteiger partial charge in [-0.05, 0) is 37.1 Å². The van der Waals surface area contributed by atoms with Crippen molar-refractivity contribution in [3.05, 3.63) is 48.3 Å². The Morgan fingerprint density at radius 3 is 2.96 bits per heavy atom. The summed E-state index contributed by atoms with van der Waals surface area (Å²) in [5.41, 5.74) is 0.917. The minimum Gasteiger partial charge on any atom is -0.494 e. The summed E-state index contributed by atoms with van der Waals surface area (Å²) in [4.78, 5) is 16.9. The number of ether oxygens (including phenoxy) is 1. The number of hydrogen-bond donors (Lipinski definition) is 1. The summed E-state index contributed by atoms with van der Waals surface area (Å²) in [6, 6.07) is 7.89. The van der Waals surface area contributed by atoms with Gasteiger partial charge >= 0.3 is 0 Å². The van der Waals surface area contributed by atoms with E-state index in [1.54, 1.807) is 0 Å². The molecule has 0 aliphatic heterocycles. The van der Waals surface area contributed by atoms with E-state index in [0.29, 0.717) is 11.6 Å². The second-order valence-electron chi connectivity index (χ2n) is 6.19. The number of nitrogens with zero attached hydrogens (tertiary/aromatic N) is 1. The summed E-state index contributed by atoms with van der Waals surface area (Å²) in [6.07, 6.45) is 11.3. The zero-order valence-electron chi connectivity index (χ0n) is 14.5. The molecule has 132 valence electrons. The third kappa shape index (κ3) is 4.92. The highest BCUT2D eigenvalue weighted by Crippen LogP contribution is 2.26. The van der Waals surface area contributed by atoms with Gasteiger partial charge in [0.25, 0.3) is 0 Å². The predicted octanol–water partition coefficient (Wildman–Crippen LogP) is 5.29. The van der Waals surface area contributed by atoms with Crippen molar-refractivity contribution >= 4 is 32.6 Å². The lowest BCUT2D eigenvalue weighted by atomic mass is 9.99. The summed E-state index contributed by atoms with van der Waals surface area (Å²) in [7, 11) is 0. The molecule has 5 heteroatoms. The number of allylic oxidation sites excluding steroid dienone is 2. The van der Waals surface area contributed by atoms with E-state index in [0.717, 1.165) is 29.0 Å². The van der Waals surface area contributed by atoms with Crippen LogP contribution in [0, 0.1) is 5.92 Å². The summed E-state index contributed by atoms with van der Waals surface area (Å²) < 4.78 is 6.83. The van der Waals surface area contributed by atoms with Crippen LogP contribution in [0.25, 0.3) is 10.2 Å². The smallest absolute Gasteiger partial charge is 0.233 e. The molecular formula is C20H24N2O2S. The number of benzene rings is 1. The molecule has 1 aromatic carbocycles. The SMILES string of the molecule is CCCCCCOC1=CCC(C(=O)Nc2nc3ccccc3s2)C=C1. The van der Waals surface area contributed by atoms with E-state index in [-0.39, 0.29) is 11.8 Å². The molecule has 1 amide bonds. The number of fused-ring (bicyclic) bond motifs is 1. The lowest BCUT2D eigenvalue weighted by Gasteiger charge is -2.16. The molecule has 1 unspecified atom stereocenters. The number of para-hydroxylation sites is 1. The van der Waals surface area contributed by atoms with Crippen molar-refractivity contribution in [2.75, 3.05) is 11.9 Å². The summed E-state index contributed by atoms with van der Waals surface area (Å²) in [6.45, 7) is 2.95. The maximum atomic E-state index is 12.4. The van der Waals surface area contributed by atoms with Crippen LogP contribution in [-0.4, -0.2) is 17.5 Å². The third-order valence-corrected chi connectivity index (χ3v) is 5.15. The van der Waals surface area contributed by atoms with Crippen molar-refractivity contribution in [1.82, 2.24) is 4.98 Å². The van der Waals surface area contributed by atoms with E-state index in [1.165, 1.54) is 30.6 Å². The number of amides is 1. The topological polar surface area (TPSA) is 51.2 Å². The molecule has 2 aromatic rings. The van der Waals surface area contributed by atoms with Crippen LogP contribution >= 0.6 is 11.3 Å². The van der Waals surface area contributed by atoms with Gasteiger partial charge in [-0.2, -0.15) is 0 Å². The van der Waals surface area contributed by atoms with Gasteiger partial charge in [0, 0.05) is 0 Å². The molecule has 4 nitrogen and oxygen atoms in total. The highest BCUT2D eigenvalue weighted by atomic mass is 32.1. The fourth-order valence-electron chi connectivity index (χ4n) is 2.74. The van der Waals surface area contributed by atoms with Crippen LogP contribution < -0.4 is 5.32 Å². The number of anilines is 1. The third-order valence-electron chi connectivity index (χ3n) is 4.19. The number of rotatable bonds is 8. The number of carbonyl (C=O) groups is 1. The predicted molar refractivity (Wildman–Crippen MR) is 104 cm³/mol. The average Bonchev–Trinajstić information content (AvgIpc) is 3.04. The minimum atomic E-state index is -0.167. The fraction of sp³-hybridized carbons (Fsp3) is 0.400. The van der Waals surface area contributed by atoms with Crippen molar-refractivity contribution in [2.24, 2.45) is 5.92 Å². The van der Waals surface area contributed by atoms with E-state index in [1.807, 2.05) is 42.5 Å². The first kappa shape index (κ1) is 17.7. The molecule has 0 fully saturated rings.